The Balaban J connectivity index is 0.913. The molecule has 11 nitrogen and oxygen atoms in total. The van der Waals surface area contributed by atoms with Crippen LogP contribution >= 0.6 is 22.9 Å². The van der Waals surface area contributed by atoms with Crippen molar-refractivity contribution >= 4 is 46.4 Å². The predicted octanol–water partition coefficient (Wildman–Crippen LogP) is 5.86. The molecule has 3 aliphatic rings. The summed E-state index contributed by atoms with van der Waals surface area (Å²) >= 11 is 7.80. The highest BCUT2D eigenvalue weighted by Crippen LogP contribution is 2.37. The van der Waals surface area contributed by atoms with Gasteiger partial charge in [0.05, 0.1) is 27.9 Å². The van der Waals surface area contributed by atoms with Crippen LogP contribution in [0.2, 0.25) is 5.02 Å². The molecule has 0 bridgehead atoms. The molecule has 1 unspecified atom stereocenters. The number of thiophene rings is 1. The number of nitrogens with one attached hydrogen (secondary N) is 1. The second kappa shape index (κ2) is 14.2. The van der Waals surface area contributed by atoms with Crippen LogP contribution in [0.1, 0.15) is 92.4 Å². The quantitative estimate of drug-likeness (QED) is 0.120. The minimum absolute atomic E-state index is 0.0412. The standard InChI is InChI=1S/C39H34ClFN8O3S/c1-22-31(53-39-34(22)36(26-8-11-27(40)12-9-26)42-19-32-46-45-23(2)49(32)39)15-7-24-18-43-47(20-24)17-5-3-4-6-25-10-13-29(41)35-28(25)21-48(38(35)52)30-14-16-33(50)44-37(30)51/h8-13,18,20,30H,3-6,14,16-17,19,21H2,1-2H3,(H,44,50,51). The third-order valence-electron chi connectivity index (χ3n) is 9.99. The summed E-state index contributed by atoms with van der Waals surface area (Å²) in [6.45, 7) is 5.31. The summed E-state index contributed by atoms with van der Waals surface area (Å²) in [4.78, 5) is 44.5. The van der Waals surface area contributed by atoms with E-state index in [-0.39, 0.29) is 30.9 Å². The van der Waals surface area contributed by atoms with Gasteiger partial charge in [0.2, 0.25) is 11.8 Å². The molecule has 53 heavy (non-hydrogen) atoms. The summed E-state index contributed by atoms with van der Waals surface area (Å²) in [5.74, 6) is 6.33. The molecule has 2 aromatic carbocycles. The minimum atomic E-state index is -0.775. The number of carbonyl (C=O) groups is 3. The maximum absolute atomic E-state index is 14.8. The van der Waals surface area contributed by atoms with E-state index in [0.717, 1.165) is 74.3 Å². The van der Waals surface area contributed by atoms with E-state index < -0.39 is 23.7 Å². The summed E-state index contributed by atoms with van der Waals surface area (Å²) in [6, 6.07) is 10.0. The van der Waals surface area contributed by atoms with Crippen LogP contribution < -0.4 is 5.32 Å². The molecule has 3 aliphatic heterocycles. The fourth-order valence-electron chi connectivity index (χ4n) is 7.27. The van der Waals surface area contributed by atoms with Gasteiger partial charge in [-0.3, -0.25) is 33.9 Å². The maximum Gasteiger partial charge on any atom is 0.258 e. The average molecular weight is 749 g/mol. The van der Waals surface area contributed by atoms with Crippen molar-refractivity contribution in [2.75, 3.05) is 0 Å². The summed E-state index contributed by atoms with van der Waals surface area (Å²) in [7, 11) is 0. The van der Waals surface area contributed by atoms with E-state index in [9.17, 15) is 18.8 Å². The Morgan fingerprint density at radius 3 is 2.66 bits per heavy atom. The van der Waals surface area contributed by atoms with Crippen LogP contribution in [-0.4, -0.2) is 58.9 Å². The normalized spacial score (nSPS) is 16.4. The van der Waals surface area contributed by atoms with Gasteiger partial charge >= 0.3 is 0 Å². The topological polar surface area (TPSA) is 127 Å². The van der Waals surface area contributed by atoms with E-state index in [1.54, 1.807) is 23.6 Å². The molecule has 0 radical (unpaired) electrons. The van der Waals surface area contributed by atoms with Gasteiger partial charge in [0.25, 0.3) is 5.91 Å². The average Bonchev–Trinajstić information content (AvgIpc) is 3.89. The fourth-order valence-corrected chi connectivity index (χ4v) is 8.63. The predicted molar refractivity (Wildman–Crippen MR) is 198 cm³/mol. The number of aryl methyl sites for hydroxylation is 3. The first-order valence-electron chi connectivity index (χ1n) is 17.5. The number of unbranched alkanes of at least 4 members (excludes halogenated alkanes) is 2. The Morgan fingerprint density at radius 2 is 1.85 bits per heavy atom. The van der Waals surface area contributed by atoms with Gasteiger partial charge < -0.3 is 4.90 Å². The molecule has 8 rings (SSSR count). The lowest BCUT2D eigenvalue weighted by Crippen LogP contribution is -2.52. The Kier molecular flexibility index (Phi) is 9.26. The van der Waals surface area contributed by atoms with Crippen LogP contribution in [0.25, 0.3) is 5.00 Å². The summed E-state index contributed by atoms with van der Waals surface area (Å²) in [6.07, 6.45) is 7.42. The SMILES string of the molecule is Cc1c(C#Cc2cnn(CCCCCc3ccc(F)c4c3CN(C3CCC(=O)NC3=O)C4=O)c2)sc2c1C(c1ccc(Cl)cc1)=NCc1nnc(C)n1-2. The van der Waals surface area contributed by atoms with Crippen LogP contribution in [0.15, 0.2) is 53.8 Å². The number of fused-ring (bicyclic) bond motifs is 4. The second-order valence-electron chi connectivity index (χ2n) is 13.4. The molecule has 0 spiro atoms. The molecule has 14 heteroatoms. The number of halogens is 2. The van der Waals surface area contributed by atoms with Crippen LogP contribution in [0.5, 0.6) is 0 Å². The number of amides is 3. The van der Waals surface area contributed by atoms with Gasteiger partial charge in [-0.1, -0.05) is 48.1 Å². The lowest BCUT2D eigenvalue weighted by Gasteiger charge is -2.29. The molecule has 1 N–H and O–H groups in total. The Hall–Kier alpha value is -5.45. The van der Waals surface area contributed by atoms with Crippen molar-refractivity contribution in [2.24, 2.45) is 4.99 Å². The van der Waals surface area contributed by atoms with E-state index in [4.69, 9.17) is 16.6 Å². The number of rotatable bonds is 8. The summed E-state index contributed by atoms with van der Waals surface area (Å²) in [5.41, 5.74) is 6.31. The molecule has 3 amide bonds. The van der Waals surface area contributed by atoms with E-state index in [1.807, 2.05) is 42.1 Å². The zero-order valence-electron chi connectivity index (χ0n) is 29.1. The molecule has 0 saturated carbocycles. The highest BCUT2D eigenvalue weighted by atomic mass is 35.5. The van der Waals surface area contributed by atoms with E-state index in [1.165, 1.54) is 11.0 Å². The van der Waals surface area contributed by atoms with Gasteiger partial charge in [0.15, 0.2) is 5.82 Å². The van der Waals surface area contributed by atoms with Crippen LogP contribution in [0, 0.1) is 31.5 Å². The largest absolute Gasteiger partial charge is 0.322 e. The van der Waals surface area contributed by atoms with Crippen LogP contribution in [-0.2, 0) is 35.6 Å². The molecule has 1 atom stereocenters. The number of aliphatic imine (C=N–C) groups is 1. The van der Waals surface area contributed by atoms with Crippen molar-refractivity contribution in [3.8, 4) is 16.8 Å². The van der Waals surface area contributed by atoms with E-state index in [2.05, 4.69) is 43.9 Å². The number of benzene rings is 2. The number of imide groups is 1. The van der Waals surface area contributed by atoms with Crippen molar-refractivity contribution in [3.63, 3.8) is 0 Å². The first-order chi connectivity index (χ1) is 25.7. The molecule has 268 valence electrons. The molecule has 0 aliphatic carbocycles. The summed E-state index contributed by atoms with van der Waals surface area (Å²) in [5, 5.41) is 17.2. The van der Waals surface area contributed by atoms with Gasteiger partial charge in [0.1, 0.15) is 29.2 Å². The lowest BCUT2D eigenvalue weighted by molar-refractivity contribution is -0.136. The molecular weight excluding hydrogens is 715 g/mol. The second-order valence-corrected chi connectivity index (χ2v) is 14.9. The number of carbonyl (C=O) groups excluding carboxylic acids is 3. The molecule has 5 aromatic rings. The van der Waals surface area contributed by atoms with Crippen molar-refractivity contribution in [3.05, 3.63) is 115 Å². The van der Waals surface area contributed by atoms with E-state index in [0.29, 0.717) is 30.1 Å². The molecular formula is C39H34ClFN8O3S. The monoisotopic (exact) mass is 748 g/mol. The van der Waals surface area contributed by atoms with Crippen molar-refractivity contribution in [1.82, 2.24) is 34.8 Å². The van der Waals surface area contributed by atoms with E-state index >= 15 is 0 Å². The van der Waals surface area contributed by atoms with Gasteiger partial charge in [-0.05, 0) is 74.4 Å². The van der Waals surface area contributed by atoms with Gasteiger partial charge in [-0.25, -0.2) is 4.39 Å². The fraction of sp³-hybridized carbons (Fsp3) is 0.308. The zero-order chi connectivity index (χ0) is 36.8. The number of aromatic nitrogens is 5. The third kappa shape index (κ3) is 6.57. The van der Waals surface area contributed by atoms with Gasteiger partial charge in [-0.15, -0.1) is 21.5 Å². The Morgan fingerprint density at radius 1 is 1.02 bits per heavy atom. The van der Waals surface area contributed by atoms with Gasteiger partial charge in [-0.2, -0.15) is 5.10 Å². The molecule has 1 fully saturated rings. The highest BCUT2D eigenvalue weighted by Gasteiger charge is 2.41. The smallest absolute Gasteiger partial charge is 0.258 e. The Labute approximate surface area is 313 Å². The first kappa shape index (κ1) is 34.6. The van der Waals surface area contributed by atoms with Crippen molar-refractivity contribution < 1.29 is 18.8 Å². The Bertz CT molecular complexity index is 2400. The highest BCUT2D eigenvalue weighted by molar-refractivity contribution is 7.15. The zero-order valence-corrected chi connectivity index (χ0v) is 30.7. The van der Waals surface area contributed by atoms with Crippen LogP contribution in [0.4, 0.5) is 4.39 Å². The number of piperidine rings is 1. The molecule has 6 heterocycles. The van der Waals surface area contributed by atoms with Crippen molar-refractivity contribution in [1.29, 1.82) is 0 Å². The van der Waals surface area contributed by atoms with Crippen LogP contribution in [0.3, 0.4) is 0 Å². The van der Waals surface area contributed by atoms with Gasteiger partial charge in [0, 0.05) is 41.9 Å². The molecule has 1 saturated heterocycles. The number of nitrogens with zero attached hydrogens (tertiary/aromatic N) is 7. The lowest BCUT2D eigenvalue weighted by atomic mass is 9.98. The number of hydrogen-bond acceptors (Lipinski definition) is 8. The first-order valence-corrected chi connectivity index (χ1v) is 18.7. The maximum atomic E-state index is 14.8. The third-order valence-corrected chi connectivity index (χ3v) is 11.4. The minimum Gasteiger partial charge on any atom is -0.322 e. The molecule has 3 aromatic heterocycles. The number of hydrogen-bond donors (Lipinski definition) is 1. The summed E-state index contributed by atoms with van der Waals surface area (Å²) < 4.78 is 18.8. The van der Waals surface area contributed by atoms with Crippen molar-refractivity contribution in [2.45, 2.75) is 78.0 Å².